The number of aliphatic hydroxyl groups excluding tert-OH is 1. The highest BCUT2D eigenvalue weighted by Gasteiger charge is 2.05. The highest BCUT2D eigenvalue weighted by atomic mass is 79.9. The second kappa shape index (κ2) is 9.55. The molecule has 0 saturated carbocycles. The summed E-state index contributed by atoms with van der Waals surface area (Å²) in [5, 5.41) is 13.2. The second-order valence-corrected chi connectivity index (χ2v) is 6.14. The van der Waals surface area contributed by atoms with E-state index < -0.39 is 6.10 Å². The monoisotopic (exact) mass is 379 g/mol. The smallest absolute Gasteiger partial charge is 0.120 e. The fraction of sp³-hybridized carbons (Fsp3) is 0.333. The minimum absolute atomic E-state index is 0.270. The van der Waals surface area contributed by atoms with E-state index in [1.165, 1.54) is 5.56 Å². The lowest BCUT2D eigenvalue weighted by Gasteiger charge is -2.13. The normalized spacial score (nSPS) is 12.0. The van der Waals surface area contributed by atoms with E-state index in [1.54, 1.807) is 7.11 Å². The Morgan fingerprint density at radius 2 is 1.91 bits per heavy atom. The molecule has 124 valence electrons. The van der Waals surface area contributed by atoms with Gasteiger partial charge >= 0.3 is 0 Å². The molecule has 4 nitrogen and oxygen atoms in total. The Hall–Kier alpha value is -1.56. The van der Waals surface area contributed by atoms with Crippen molar-refractivity contribution in [2.45, 2.75) is 12.5 Å². The van der Waals surface area contributed by atoms with Crippen molar-refractivity contribution < 1.29 is 14.6 Å². The highest BCUT2D eigenvalue weighted by molar-refractivity contribution is 9.10. The number of halogens is 1. The SMILES string of the molecule is COc1ccc(CCNCC(O)COc2cccc(Br)c2)cc1. The molecule has 0 amide bonds. The first kappa shape index (κ1) is 17.8. The third kappa shape index (κ3) is 6.60. The van der Waals surface area contributed by atoms with Crippen LogP contribution in [-0.2, 0) is 6.42 Å². The summed E-state index contributed by atoms with van der Waals surface area (Å²) in [7, 11) is 1.66. The molecule has 2 aromatic rings. The molecule has 0 radical (unpaired) electrons. The first-order valence-corrected chi connectivity index (χ1v) is 8.37. The van der Waals surface area contributed by atoms with Crippen LogP contribution < -0.4 is 14.8 Å². The number of hydrogen-bond donors (Lipinski definition) is 2. The third-order valence-corrected chi connectivity index (χ3v) is 3.86. The summed E-state index contributed by atoms with van der Waals surface area (Å²) >= 11 is 3.39. The van der Waals surface area contributed by atoms with Crippen LogP contribution in [0.5, 0.6) is 11.5 Å². The van der Waals surface area contributed by atoms with Gasteiger partial charge in [0.2, 0.25) is 0 Å². The molecule has 0 heterocycles. The Kier molecular flexibility index (Phi) is 7.39. The van der Waals surface area contributed by atoms with Crippen molar-refractivity contribution in [2.75, 3.05) is 26.8 Å². The third-order valence-electron chi connectivity index (χ3n) is 3.37. The van der Waals surface area contributed by atoms with Crippen molar-refractivity contribution in [3.8, 4) is 11.5 Å². The molecule has 2 aromatic carbocycles. The zero-order valence-corrected chi connectivity index (χ0v) is 14.8. The average Bonchev–Trinajstić information content (AvgIpc) is 2.57. The van der Waals surface area contributed by atoms with E-state index in [9.17, 15) is 5.11 Å². The van der Waals surface area contributed by atoms with Gasteiger partial charge in [0.25, 0.3) is 0 Å². The fourth-order valence-electron chi connectivity index (χ4n) is 2.10. The van der Waals surface area contributed by atoms with Gasteiger partial charge in [-0.15, -0.1) is 0 Å². The average molecular weight is 380 g/mol. The molecule has 5 heteroatoms. The number of benzene rings is 2. The van der Waals surface area contributed by atoms with Gasteiger partial charge in [0.05, 0.1) is 7.11 Å². The number of rotatable bonds is 9. The number of methoxy groups -OCH3 is 1. The summed E-state index contributed by atoms with van der Waals surface area (Å²) in [4.78, 5) is 0. The predicted molar refractivity (Wildman–Crippen MR) is 95.2 cm³/mol. The predicted octanol–water partition coefficient (Wildman–Crippen LogP) is 3.03. The van der Waals surface area contributed by atoms with Gasteiger partial charge in [0.1, 0.15) is 24.2 Å². The van der Waals surface area contributed by atoms with E-state index in [2.05, 4.69) is 21.2 Å². The lowest BCUT2D eigenvalue weighted by molar-refractivity contribution is 0.106. The molecule has 1 unspecified atom stereocenters. The Morgan fingerprint density at radius 3 is 2.61 bits per heavy atom. The van der Waals surface area contributed by atoms with Crippen molar-refractivity contribution >= 4 is 15.9 Å². The van der Waals surface area contributed by atoms with E-state index in [0.717, 1.165) is 28.9 Å². The van der Waals surface area contributed by atoms with Gasteiger partial charge in [-0.2, -0.15) is 0 Å². The largest absolute Gasteiger partial charge is 0.497 e. The molecule has 0 fully saturated rings. The molecule has 23 heavy (non-hydrogen) atoms. The maximum absolute atomic E-state index is 9.93. The van der Waals surface area contributed by atoms with Crippen molar-refractivity contribution in [3.63, 3.8) is 0 Å². The van der Waals surface area contributed by atoms with Crippen molar-refractivity contribution in [3.05, 3.63) is 58.6 Å². The zero-order chi connectivity index (χ0) is 16.5. The first-order chi connectivity index (χ1) is 11.2. The summed E-state index contributed by atoms with van der Waals surface area (Å²) in [5.41, 5.74) is 1.23. The summed E-state index contributed by atoms with van der Waals surface area (Å²) < 4.78 is 11.6. The standard InChI is InChI=1S/C18H22BrNO3/c1-22-17-7-5-14(6-8-17)9-10-20-12-16(21)13-23-18-4-2-3-15(19)11-18/h2-8,11,16,20-21H,9-10,12-13H2,1H3. The molecule has 0 aromatic heterocycles. The van der Waals surface area contributed by atoms with Crippen molar-refractivity contribution in [1.82, 2.24) is 5.32 Å². The molecule has 0 aliphatic heterocycles. The minimum atomic E-state index is -0.537. The fourth-order valence-corrected chi connectivity index (χ4v) is 2.48. The lowest BCUT2D eigenvalue weighted by Crippen LogP contribution is -2.32. The van der Waals surface area contributed by atoms with Crippen LogP contribution in [0.1, 0.15) is 5.56 Å². The van der Waals surface area contributed by atoms with E-state index in [-0.39, 0.29) is 6.61 Å². The number of aliphatic hydroxyl groups is 1. The van der Waals surface area contributed by atoms with E-state index in [0.29, 0.717) is 6.54 Å². The maximum atomic E-state index is 9.93. The van der Waals surface area contributed by atoms with E-state index in [1.807, 2.05) is 48.5 Å². The number of hydrogen-bond acceptors (Lipinski definition) is 4. The van der Waals surface area contributed by atoms with Crippen molar-refractivity contribution in [2.24, 2.45) is 0 Å². The van der Waals surface area contributed by atoms with Crippen LogP contribution in [0.3, 0.4) is 0 Å². The molecule has 0 spiro atoms. The Labute approximate surface area is 145 Å². The van der Waals surface area contributed by atoms with Crippen LogP contribution in [0.2, 0.25) is 0 Å². The number of ether oxygens (including phenoxy) is 2. The Bertz CT molecular complexity index is 589. The van der Waals surface area contributed by atoms with Crippen molar-refractivity contribution in [1.29, 1.82) is 0 Å². The molecule has 0 aliphatic rings. The van der Waals surface area contributed by atoms with E-state index >= 15 is 0 Å². The topological polar surface area (TPSA) is 50.7 Å². The summed E-state index contributed by atoms with van der Waals surface area (Å²) in [6.45, 7) is 1.58. The molecule has 0 saturated heterocycles. The van der Waals surface area contributed by atoms with Gasteiger partial charge < -0.3 is 19.9 Å². The van der Waals surface area contributed by atoms with Crippen LogP contribution in [0.15, 0.2) is 53.0 Å². The Balaban J connectivity index is 1.61. The van der Waals surface area contributed by atoms with Gasteiger partial charge in [-0.05, 0) is 48.9 Å². The molecular weight excluding hydrogens is 358 g/mol. The highest BCUT2D eigenvalue weighted by Crippen LogP contribution is 2.17. The summed E-state index contributed by atoms with van der Waals surface area (Å²) in [5.74, 6) is 1.61. The van der Waals surface area contributed by atoms with Gasteiger partial charge in [0, 0.05) is 11.0 Å². The van der Waals surface area contributed by atoms with Gasteiger partial charge in [-0.25, -0.2) is 0 Å². The second-order valence-electron chi connectivity index (χ2n) is 5.22. The molecule has 0 aliphatic carbocycles. The summed E-state index contributed by atoms with van der Waals surface area (Å²) in [6.07, 6.45) is 0.369. The van der Waals surface area contributed by atoms with Gasteiger partial charge in [-0.1, -0.05) is 34.1 Å². The molecule has 1 atom stereocenters. The van der Waals surface area contributed by atoms with E-state index in [4.69, 9.17) is 9.47 Å². The van der Waals surface area contributed by atoms with Gasteiger partial charge in [0.15, 0.2) is 0 Å². The van der Waals surface area contributed by atoms with Crippen LogP contribution in [-0.4, -0.2) is 38.0 Å². The van der Waals surface area contributed by atoms with Crippen LogP contribution in [0.25, 0.3) is 0 Å². The number of nitrogens with one attached hydrogen (secondary N) is 1. The quantitative estimate of drug-likeness (QED) is 0.657. The maximum Gasteiger partial charge on any atom is 0.120 e. The summed E-state index contributed by atoms with van der Waals surface area (Å²) in [6, 6.07) is 15.6. The molecule has 2 rings (SSSR count). The molecule has 2 N–H and O–H groups in total. The minimum Gasteiger partial charge on any atom is -0.497 e. The Morgan fingerprint density at radius 1 is 1.13 bits per heavy atom. The first-order valence-electron chi connectivity index (χ1n) is 7.57. The van der Waals surface area contributed by atoms with Crippen LogP contribution in [0, 0.1) is 0 Å². The zero-order valence-electron chi connectivity index (χ0n) is 13.2. The molecular formula is C18H22BrNO3. The van der Waals surface area contributed by atoms with Crippen LogP contribution in [0.4, 0.5) is 0 Å². The molecule has 0 bridgehead atoms. The van der Waals surface area contributed by atoms with Gasteiger partial charge in [-0.3, -0.25) is 0 Å². The van der Waals surface area contributed by atoms with Crippen LogP contribution >= 0.6 is 15.9 Å². The lowest BCUT2D eigenvalue weighted by atomic mass is 10.1.